The fourth-order valence-electron chi connectivity index (χ4n) is 3.36. The maximum absolute atomic E-state index is 13.8. The Balaban J connectivity index is 2.03. The summed E-state index contributed by atoms with van der Waals surface area (Å²) in [5.74, 6) is 0.758. The van der Waals surface area contributed by atoms with Gasteiger partial charge in [-0.1, -0.05) is 25.3 Å². The molecule has 1 unspecified atom stereocenters. The second-order valence-corrected chi connectivity index (χ2v) is 5.59. The predicted octanol–water partition coefficient (Wildman–Crippen LogP) is 3.90. The molecule has 2 aromatic rings. The molecule has 1 atom stereocenters. The van der Waals surface area contributed by atoms with Crippen LogP contribution in [0, 0.1) is 11.7 Å². The molecular formula is C15H20FN3. The van der Waals surface area contributed by atoms with E-state index in [9.17, 15) is 4.39 Å². The molecule has 1 aliphatic rings. The fraction of sp³-hybridized carbons (Fsp3) is 0.533. The molecule has 0 amide bonds. The first kappa shape index (κ1) is 12.5. The highest BCUT2D eigenvalue weighted by atomic mass is 19.1. The summed E-state index contributed by atoms with van der Waals surface area (Å²) in [6, 6.07) is 5.35. The quantitative estimate of drug-likeness (QED) is 0.891. The van der Waals surface area contributed by atoms with Gasteiger partial charge in [-0.2, -0.15) is 0 Å². The topological polar surface area (TPSA) is 43.8 Å². The van der Waals surface area contributed by atoms with Gasteiger partial charge in [-0.15, -0.1) is 0 Å². The Labute approximate surface area is 112 Å². The third-order valence-electron chi connectivity index (χ3n) is 4.44. The van der Waals surface area contributed by atoms with Gasteiger partial charge in [-0.05, 0) is 37.8 Å². The summed E-state index contributed by atoms with van der Waals surface area (Å²) in [5, 5.41) is 0. The molecule has 4 heteroatoms. The maximum Gasteiger partial charge on any atom is 0.201 e. The number of anilines is 1. The third kappa shape index (κ3) is 2.09. The Bertz CT molecular complexity index is 584. The van der Waals surface area contributed by atoms with E-state index in [-0.39, 0.29) is 11.9 Å². The number of aromatic nitrogens is 2. The monoisotopic (exact) mass is 261 g/mol. The summed E-state index contributed by atoms with van der Waals surface area (Å²) < 4.78 is 15.8. The van der Waals surface area contributed by atoms with Gasteiger partial charge < -0.3 is 10.3 Å². The highest BCUT2D eigenvalue weighted by molar-refractivity contribution is 5.79. The van der Waals surface area contributed by atoms with Crippen LogP contribution in [0.3, 0.4) is 0 Å². The average molecular weight is 261 g/mol. The summed E-state index contributed by atoms with van der Waals surface area (Å²) in [7, 11) is 0. The van der Waals surface area contributed by atoms with Crippen molar-refractivity contribution in [2.24, 2.45) is 5.92 Å². The third-order valence-corrected chi connectivity index (χ3v) is 4.44. The summed E-state index contributed by atoms with van der Waals surface area (Å²) in [5.41, 5.74) is 7.22. The minimum Gasteiger partial charge on any atom is -0.369 e. The van der Waals surface area contributed by atoms with Crippen molar-refractivity contribution in [2.45, 2.75) is 45.1 Å². The highest BCUT2D eigenvalue weighted by Gasteiger charge is 2.24. The van der Waals surface area contributed by atoms with Crippen molar-refractivity contribution >= 4 is 17.0 Å². The van der Waals surface area contributed by atoms with Crippen LogP contribution in [-0.2, 0) is 0 Å². The summed E-state index contributed by atoms with van der Waals surface area (Å²) in [4.78, 5) is 4.19. The SMILES string of the molecule is CC(C1CCCCC1)n1c(N)nc2c(F)cccc21. The second kappa shape index (κ2) is 4.83. The van der Waals surface area contributed by atoms with E-state index in [0.717, 1.165) is 5.52 Å². The molecule has 1 aliphatic carbocycles. The van der Waals surface area contributed by atoms with Gasteiger partial charge in [0.25, 0.3) is 0 Å². The minimum atomic E-state index is -0.293. The van der Waals surface area contributed by atoms with Gasteiger partial charge in [-0.3, -0.25) is 0 Å². The van der Waals surface area contributed by atoms with Crippen LogP contribution in [0.1, 0.15) is 45.1 Å². The van der Waals surface area contributed by atoms with E-state index in [2.05, 4.69) is 11.9 Å². The molecule has 3 nitrogen and oxygen atoms in total. The number of nitrogens with two attached hydrogens (primary N) is 1. The first-order valence-corrected chi connectivity index (χ1v) is 7.10. The standard InChI is InChI=1S/C15H20FN3/c1-10(11-6-3-2-4-7-11)19-13-9-5-8-12(16)14(13)18-15(19)17/h5,8-11H,2-4,6-7H2,1H3,(H2,17,18). The average Bonchev–Trinajstić information content (AvgIpc) is 2.77. The van der Waals surface area contributed by atoms with Gasteiger partial charge in [0.15, 0.2) is 5.82 Å². The lowest BCUT2D eigenvalue weighted by molar-refractivity contribution is 0.269. The van der Waals surface area contributed by atoms with Crippen molar-refractivity contribution < 1.29 is 4.39 Å². The largest absolute Gasteiger partial charge is 0.369 e. The Morgan fingerprint density at radius 1 is 1.32 bits per heavy atom. The lowest BCUT2D eigenvalue weighted by Gasteiger charge is -2.29. The molecule has 1 aromatic heterocycles. The van der Waals surface area contributed by atoms with Crippen molar-refractivity contribution in [2.75, 3.05) is 5.73 Å². The molecule has 1 saturated carbocycles. The van der Waals surface area contributed by atoms with Gasteiger partial charge in [0, 0.05) is 6.04 Å². The first-order chi connectivity index (χ1) is 9.18. The molecule has 0 saturated heterocycles. The highest BCUT2D eigenvalue weighted by Crippen LogP contribution is 2.36. The van der Waals surface area contributed by atoms with Crippen LogP contribution in [0.5, 0.6) is 0 Å². The Morgan fingerprint density at radius 2 is 2.05 bits per heavy atom. The molecule has 0 aliphatic heterocycles. The van der Waals surface area contributed by atoms with Crippen molar-refractivity contribution in [3.63, 3.8) is 0 Å². The van der Waals surface area contributed by atoms with Gasteiger partial charge in [0.2, 0.25) is 5.95 Å². The van der Waals surface area contributed by atoms with E-state index in [0.29, 0.717) is 17.4 Å². The number of imidazole rings is 1. The zero-order valence-corrected chi connectivity index (χ0v) is 11.3. The second-order valence-electron chi connectivity index (χ2n) is 5.59. The van der Waals surface area contributed by atoms with Crippen molar-refractivity contribution in [1.82, 2.24) is 9.55 Å². The maximum atomic E-state index is 13.8. The summed E-state index contributed by atoms with van der Waals surface area (Å²) >= 11 is 0. The number of hydrogen-bond acceptors (Lipinski definition) is 2. The molecule has 3 rings (SSSR count). The molecular weight excluding hydrogens is 241 g/mol. The smallest absolute Gasteiger partial charge is 0.201 e. The number of fused-ring (bicyclic) bond motifs is 1. The number of halogens is 1. The predicted molar refractivity (Wildman–Crippen MR) is 75.4 cm³/mol. The number of benzene rings is 1. The number of rotatable bonds is 2. The van der Waals surface area contributed by atoms with Crippen LogP contribution in [0.2, 0.25) is 0 Å². The number of para-hydroxylation sites is 1. The van der Waals surface area contributed by atoms with E-state index >= 15 is 0 Å². The van der Waals surface area contributed by atoms with Gasteiger partial charge in [0.1, 0.15) is 5.52 Å². The van der Waals surface area contributed by atoms with E-state index in [4.69, 9.17) is 5.73 Å². The first-order valence-electron chi connectivity index (χ1n) is 7.10. The van der Waals surface area contributed by atoms with Crippen molar-refractivity contribution in [1.29, 1.82) is 0 Å². The van der Waals surface area contributed by atoms with E-state index in [1.807, 2.05) is 10.6 Å². The van der Waals surface area contributed by atoms with Crippen LogP contribution < -0.4 is 5.73 Å². The molecule has 2 N–H and O–H groups in total. The molecule has 1 fully saturated rings. The van der Waals surface area contributed by atoms with E-state index < -0.39 is 0 Å². The molecule has 0 bridgehead atoms. The zero-order valence-electron chi connectivity index (χ0n) is 11.3. The Kier molecular flexibility index (Phi) is 3.17. The van der Waals surface area contributed by atoms with Crippen LogP contribution >= 0.6 is 0 Å². The minimum absolute atomic E-state index is 0.284. The molecule has 19 heavy (non-hydrogen) atoms. The van der Waals surface area contributed by atoms with Gasteiger partial charge in [0.05, 0.1) is 5.52 Å². The fourth-order valence-corrected chi connectivity index (χ4v) is 3.36. The van der Waals surface area contributed by atoms with Gasteiger partial charge in [-0.25, -0.2) is 9.37 Å². The molecule has 0 radical (unpaired) electrons. The molecule has 102 valence electrons. The molecule has 1 aromatic carbocycles. The van der Waals surface area contributed by atoms with Crippen LogP contribution in [-0.4, -0.2) is 9.55 Å². The summed E-state index contributed by atoms with van der Waals surface area (Å²) in [6.45, 7) is 2.18. The van der Waals surface area contributed by atoms with Crippen molar-refractivity contribution in [3.8, 4) is 0 Å². The van der Waals surface area contributed by atoms with E-state index in [1.54, 1.807) is 6.07 Å². The number of hydrogen-bond donors (Lipinski definition) is 1. The number of nitrogen functional groups attached to an aromatic ring is 1. The number of nitrogens with zero attached hydrogens (tertiary/aromatic N) is 2. The van der Waals surface area contributed by atoms with Crippen LogP contribution in [0.4, 0.5) is 10.3 Å². The van der Waals surface area contributed by atoms with E-state index in [1.165, 1.54) is 38.2 Å². The molecule has 1 heterocycles. The van der Waals surface area contributed by atoms with Crippen LogP contribution in [0.25, 0.3) is 11.0 Å². The lowest BCUT2D eigenvalue weighted by atomic mass is 9.84. The molecule has 0 spiro atoms. The normalized spacial score (nSPS) is 18.8. The zero-order chi connectivity index (χ0) is 13.4. The Hall–Kier alpha value is -1.58. The Morgan fingerprint density at radius 3 is 2.79 bits per heavy atom. The van der Waals surface area contributed by atoms with Crippen LogP contribution in [0.15, 0.2) is 18.2 Å². The van der Waals surface area contributed by atoms with Gasteiger partial charge >= 0.3 is 0 Å². The summed E-state index contributed by atoms with van der Waals surface area (Å²) in [6.07, 6.45) is 6.37. The van der Waals surface area contributed by atoms with Crippen molar-refractivity contribution in [3.05, 3.63) is 24.0 Å². The lowest BCUT2D eigenvalue weighted by Crippen LogP contribution is -2.20.